The van der Waals surface area contributed by atoms with E-state index in [0.29, 0.717) is 35.2 Å². The molecule has 2 heterocycles. The molecule has 0 bridgehead atoms. The Morgan fingerprint density at radius 2 is 1.91 bits per heavy atom. The van der Waals surface area contributed by atoms with Gasteiger partial charge in [0.25, 0.3) is 0 Å². The molecule has 0 radical (unpaired) electrons. The van der Waals surface area contributed by atoms with E-state index in [1.807, 2.05) is 30.3 Å². The van der Waals surface area contributed by atoms with Crippen LogP contribution in [0.1, 0.15) is 32.6 Å². The maximum absolute atomic E-state index is 12.6. The lowest BCUT2D eigenvalue weighted by atomic mass is 10.1. The molecule has 2 aromatic carbocycles. The number of halogens is 1. The molecule has 1 saturated heterocycles. The van der Waals surface area contributed by atoms with Crippen molar-refractivity contribution in [3.63, 3.8) is 0 Å². The van der Waals surface area contributed by atoms with Gasteiger partial charge >= 0.3 is 0 Å². The molecule has 1 atom stereocenters. The van der Waals surface area contributed by atoms with Gasteiger partial charge in [0.15, 0.2) is 10.6 Å². The first-order valence-electron chi connectivity index (χ1n) is 12.1. The highest BCUT2D eigenvalue weighted by Crippen LogP contribution is 2.23. The topological polar surface area (TPSA) is 55.1 Å². The molecule has 1 aliphatic rings. The van der Waals surface area contributed by atoms with E-state index >= 15 is 0 Å². The van der Waals surface area contributed by atoms with Crippen LogP contribution in [-0.4, -0.2) is 39.9 Å². The Labute approximate surface area is 211 Å². The summed E-state index contributed by atoms with van der Waals surface area (Å²) >= 11 is 11.8. The van der Waals surface area contributed by atoms with E-state index in [2.05, 4.69) is 46.0 Å². The van der Waals surface area contributed by atoms with Crippen LogP contribution in [0.3, 0.4) is 0 Å². The third-order valence-corrected chi connectivity index (χ3v) is 6.99. The summed E-state index contributed by atoms with van der Waals surface area (Å²) in [6.45, 7) is 6.13. The minimum absolute atomic E-state index is 0.0382. The van der Waals surface area contributed by atoms with E-state index < -0.39 is 0 Å². The zero-order valence-corrected chi connectivity index (χ0v) is 21.2. The molecular formula is C26H32ClN5OS. The first-order valence-corrected chi connectivity index (χ1v) is 12.8. The Bertz CT molecular complexity index is 1140. The number of unbranched alkanes of at least 4 members (excludes halogenated alkanes) is 1. The summed E-state index contributed by atoms with van der Waals surface area (Å²) in [5.74, 6) is 1.33. The van der Waals surface area contributed by atoms with E-state index in [4.69, 9.17) is 28.9 Å². The fourth-order valence-corrected chi connectivity index (χ4v) is 4.78. The molecule has 180 valence electrons. The molecule has 8 heteroatoms. The van der Waals surface area contributed by atoms with Crippen LogP contribution in [0.25, 0.3) is 11.4 Å². The number of nitrogens with one attached hydrogen (secondary N) is 1. The Morgan fingerprint density at radius 3 is 2.65 bits per heavy atom. The highest BCUT2D eigenvalue weighted by atomic mass is 35.5. The minimum Gasteiger partial charge on any atom is -0.371 e. The quantitative estimate of drug-likeness (QED) is 0.372. The van der Waals surface area contributed by atoms with Crippen LogP contribution in [0.4, 0.5) is 5.69 Å². The van der Waals surface area contributed by atoms with Gasteiger partial charge in [0.2, 0.25) is 5.91 Å². The predicted octanol–water partition coefficient (Wildman–Crippen LogP) is 5.57. The van der Waals surface area contributed by atoms with Gasteiger partial charge in [-0.1, -0.05) is 43.1 Å². The monoisotopic (exact) mass is 497 g/mol. The highest BCUT2D eigenvalue weighted by molar-refractivity contribution is 7.71. The molecule has 1 amide bonds. The van der Waals surface area contributed by atoms with Crippen LogP contribution in [0, 0.1) is 10.7 Å². The molecule has 0 aliphatic carbocycles. The second-order valence-electron chi connectivity index (χ2n) is 8.83. The van der Waals surface area contributed by atoms with Crippen LogP contribution in [0.2, 0.25) is 5.02 Å². The smallest absolute Gasteiger partial charge is 0.221 e. The number of hydrogen-bond acceptors (Lipinski definition) is 4. The predicted molar refractivity (Wildman–Crippen MR) is 141 cm³/mol. The van der Waals surface area contributed by atoms with Crippen LogP contribution >= 0.6 is 23.8 Å². The average molecular weight is 498 g/mol. The number of amides is 1. The molecule has 6 nitrogen and oxygen atoms in total. The lowest BCUT2D eigenvalue weighted by molar-refractivity contribution is -0.121. The van der Waals surface area contributed by atoms with Crippen molar-refractivity contribution in [2.75, 3.05) is 24.5 Å². The molecule has 1 unspecified atom stereocenters. The van der Waals surface area contributed by atoms with E-state index in [-0.39, 0.29) is 5.91 Å². The molecule has 4 rings (SSSR count). The molecule has 1 fully saturated rings. The standard InChI is InChI=1S/C26H32ClN5OS/c1-2-3-15-31-25(21-9-11-22(27)12-10-21)29-32(26(31)34)17-14-24(33)28-18-20-13-16-30(19-20)23-7-5-4-6-8-23/h4-12,20H,2-3,13-19H2,1H3,(H,28,33). The molecule has 1 N–H and O–H groups in total. The third kappa shape index (κ3) is 6.07. The number of carbonyl (C=O) groups excluding carboxylic acids is 1. The fraction of sp³-hybridized carbons (Fsp3) is 0.423. The van der Waals surface area contributed by atoms with Crippen molar-refractivity contribution in [2.45, 2.75) is 45.7 Å². The third-order valence-electron chi connectivity index (χ3n) is 6.31. The fourth-order valence-electron chi connectivity index (χ4n) is 4.34. The highest BCUT2D eigenvalue weighted by Gasteiger charge is 2.23. The summed E-state index contributed by atoms with van der Waals surface area (Å²) in [6.07, 6.45) is 3.53. The number of para-hydroxylation sites is 1. The van der Waals surface area contributed by atoms with Gasteiger partial charge in [-0.15, -0.1) is 0 Å². The van der Waals surface area contributed by atoms with Crippen molar-refractivity contribution in [3.05, 3.63) is 64.4 Å². The number of anilines is 1. The number of carbonyl (C=O) groups is 1. The molecule has 1 aromatic heterocycles. The van der Waals surface area contributed by atoms with Gasteiger partial charge in [0.05, 0.1) is 6.54 Å². The van der Waals surface area contributed by atoms with E-state index in [0.717, 1.165) is 50.3 Å². The number of rotatable bonds is 10. The van der Waals surface area contributed by atoms with Crippen molar-refractivity contribution in [1.82, 2.24) is 19.7 Å². The Morgan fingerprint density at radius 1 is 1.15 bits per heavy atom. The maximum Gasteiger partial charge on any atom is 0.221 e. The molecule has 0 saturated carbocycles. The maximum atomic E-state index is 12.6. The van der Waals surface area contributed by atoms with Crippen LogP contribution in [-0.2, 0) is 17.9 Å². The van der Waals surface area contributed by atoms with Crippen molar-refractivity contribution >= 4 is 35.4 Å². The average Bonchev–Trinajstić information content (AvgIpc) is 3.46. The Kier molecular flexibility index (Phi) is 8.40. The zero-order valence-electron chi connectivity index (χ0n) is 19.6. The Balaban J connectivity index is 1.33. The van der Waals surface area contributed by atoms with Gasteiger partial charge in [0.1, 0.15) is 0 Å². The summed E-state index contributed by atoms with van der Waals surface area (Å²) < 4.78 is 4.50. The number of aryl methyl sites for hydroxylation is 1. The minimum atomic E-state index is 0.0382. The molecular weight excluding hydrogens is 466 g/mol. The summed E-state index contributed by atoms with van der Waals surface area (Å²) in [5.41, 5.74) is 2.22. The molecule has 3 aromatic rings. The van der Waals surface area contributed by atoms with Gasteiger partial charge < -0.3 is 10.2 Å². The van der Waals surface area contributed by atoms with Crippen molar-refractivity contribution < 1.29 is 4.79 Å². The van der Waals surface area contributed by atoms with Crippen molar-refractivity contribution in [3.8, 4) is 11.4 Å². The number of benzene rings is 2. The van der Waals surface area contributed by atoms with E-state index in [9.17, 15) is 4.79 Å². The SMILES string of the molecule is CCCCn1c(-c2ccc(Cl)cc2)nn(CCC(=O)NCC2CCN(c3ccccc3)C2)c1=S. The summed E-state index contributed by atoms with van der Waals surface area (Å²) in [5, 5.41) is 8.57. The Hall–Kier alpha value is -2.64. The second-order valence-corrected chi connectivity index (χ2v) is 9.63. The van der Waals surface area contributed by atoms with Gasteiger partial charge in [-0.25, -0.2) is 4.68 Å². The lowest BCUT2D eigenvalue weighted by Crippen LogP contribution is -2.31. The van der Waals surface area contributed by atoms with Crippen LogP contribution in [0.5, 0.6) is 0 Å². The number of aromatic nitrogens is 3. The first-order chi connectivity index (χ1) is 16.5. The van der Waals surface area contributed by atoms with Crippen molar-refractivity contribution in [2.24, 2.45) is 5.92 Å². The normalized spacial score (nSPS) is 15.6. The van der Waals surface area contributed by atoms with E-state index in [1.165, 1.54) is 5.69 Å². The van der Waals surface area contributed by atoms with Gasteiger partial charge in [-0.05, 0) is 67.4 Å². The summed E-state index contributed by atoms with van der Waals surface area (Å²) in [7, 11) is 0. The van der Waals surface area contributed by atoms with Gasteiger partial charge in [0, 0.05) is 48.9 Å². The van der Waals surface area contributed by atoms with Gasteiger partial charge in [-0.3, -0.25) is 9.36 Å². The largest absolute Gasteiger partial charge is 0.371 e. The molecule has 34 heavy (non-hydrogen) atoms. The number of hydrogen-bond donors (Lipinski definition) is 1. The molecule has 1 aliphatic heterocycles. The van der Waals surface area contributed by atoms with E-state index in [1.54, 1.807) is 4.68 Å². The van der Waals surface area contributed by atoms with Gasteiger partial charge in [-0.2, -0.15) is 5.10 Å². The summed E-state index contributed by atoms with van der Waals surface area (Å²) in [6, 6.07) is 18.1. The zero-order chi connectivity index (χ0) is 23.9. The van der Waals surface area contributed by atoms with Crippen LogP contribution in [0.15, 0.2) is 54.6 Å². The van der Waals surface area contributed by atoms with Crippen LogP contribution < -0.4 is 10.2 Å². The number of nitrogens with zero attached hydrogens (tertiary/aromatic N) is 4. The first kappa shape index (κ1) is 24.5. The summed E-state index contributed by atoms with van der Waals surface area (Å²) in [4.78, 5) is 15.0. The molecule has 0 spiro atoms. The van der Waals surface area contributed by atoms with Crippen molar-refractivity contribution in [1.29, 1.82) is 0 Å². The second kappa shape index (κ2) is 11.7. The lowest BCUT2D eigenvalue weighted by Gasteiger charge is -2.18.